The first-order chi connectivity index (χ1) is 9.50. The van der Waals surface area contributed by atoms with Gasteiger partial charge in [0.05, 0.1) is 0 Å². The molecule has 0 aromatic heterocycles. The molecule has 0 bridgehead atoms. The second-order valence-corrected chi connectivity index (χ2v) is 5.22. The normalized spacial score (nSPS) is 22.3. The molecule has 2 atom stereocenters. The molecule has 0 saturated heterocycles. The van der Waals surface area contributed by atoms with E-state index in [9.17, 15) is 19.1 Å². The van der Waals surface area contributed by atoms with Crippen LogP contribution < -0.4 is 10.4 Å². The van der Waals surface area contributed by atoms with Crippen LogP contribution in [0, 0.1) is 24.6 Å². The van der Waals surface area contributed by atoms with Crippen LogP contribution in [0.15, 0.2) is 18.2 Å². The number of carbonyl (C=O) groups is 2. The fourth-order valence-electron chi connectivity index (χ4n) is 2.70. The van der Waals surface area contributed by atoms with Crippen molar-refractivity contribution in [3.63, 3.8) is 0 Å². The van der Waals surface area contributed by atoms with Gasteiger partial charge in [0.15, 0.2) is 0 Å². The van der Waals surface area contributed by atoms with E-state index in [1.807, 2.05) is 0 Å². The van der Waals surface area contributed by atoms with Gasteiger partial charge in [-0.25, -0.2) is 4.39 Å². The Morgan fingerprint density at radius 2 is 1.90 bits per heavy atom. The SMILES string of the molecule is Cc1c(F)cccc1NC(=O)[C@@H]1CCCC[C@@H]1C(=O)[O-]. The van der Waals surface area contributed by atoms with Gasteiger partial charge in [-0.15, -0.1) is 0 Å². The van der Waals surface area contributed by atoms with E-state index >= 15 is 0 Å². The van der Waals surface area contributed by atoms with Gasteiger partial charge in [-0.2, -0.15) is 0 Å². The summed E-state index contributed by atoms with van der Waals surface area (Å²) in [6.45, 7) is 1.57. The number of carboxylic acids is 1. The fourth-order valence-corrected chi connectivity index (χ4v) is 2.70. The van der Waals surface area contributed by atoms with Crippen LogP contribution in [0.5, 0.6) is 0 Å². The zero-order valence-electron chi connectivity index (χ0n) is 11.3. The van der Waals surface area contributed by atoms with E-state index < -0.39 is 23.6 Å². The highest BCUT2D eigenvalue weighted by Crippen LogP contribution is 2.31. The molecule has 1 aliphatic rings. The third kappa shape index (κ3) is 2.98. The molecule has 108 valence electrons. The van der Waals surface area contributed by atoms with Crippen LogP contribution in [0.1, 0.15) is 31.2 Å². The van der Waals surface area contributed by atoms with Crippen LogP contribution in [-0.2, 0) is 9.59 Å². The van der Waals surface area contributed by atoms with E-state index in [0.717, 1.165) is 12.8 Å². The summed E-state index contributed by atoms with van der Waals surface area (Å²) in [5.74, 6) is -3.30. The molecule has 1 N–H and O–H groups in total. The zero-order valence-corrected chi connectivity index (χ0v) is 11.3. The molecule has 1 aromatic carbocycles. The summed E-state index contributed by atoms with van der Waals surface area (Å²) in [5, 5.41) is 13.7. The zero-order chi connectivity index (χ0) is 14.7. The smallest absolute Gasteiger partial charge is 0.228 e. The number of hydrogen-bond acceptors (Lipinski definition) is 3. The van der Waals surface area contributed by atoms with E-state index in [1.165, 1.54) is 12.1 Å². The van der Waals surface area contributed by atoms with Crippen LogP contribution in [0.4, 0.5) is 10.1 Å². The van der Waals surface area contributed by atoms with Gasteiger partial charge in [0.2, 0.25) is 5.91 Å². The van der Waals surface area contributed by atoms with E-state index in [0.29, 0.717) is 24.1 Å². The minimum absolute atomic E-state index is 0.349. The van der Waals surface area contributed by atoms with E-state index in [-0.39, 0.29) is 5.91 Å². The summed E-state index contributed by atoms with van der Waals surface area (Å²) in [5.41, 5.74) is 0.735. The van der Waals surface area contributed by atoms with Crippen molar-refractivity contribution < 1.29 is 19.1 Å². The maximum absolute atomic E-state index is 13.4. The molecule has 1 amide bonds. The second kappa shape index (κ2) is 6.03. The molecule has 1 saturated carbocycles. The van der Waals surface area contributed by atoms with E-state index in [2.05, 4.69) is 5.32 Å². The van der Waals surface area contributed by atoms with Crippen LogP contribution >= 0.6 is 0 Å². The molecule has 0 spiro atoms. The Balaban J connectivity index is 2.14. The quantitative estimate of drug-likeness (QED) is 0.913. The molecule has 4 nitrogen and oxygen atoms in total. The Kier molecular flexibility index (Phi) is 4.37. The van der Waals surface area contributed by atoms with Gasteiger partial charge in [-0.1, -0.05) is 18.9 Å². The Hall–Kier alpha value is -1.91. The number of aliphatic carboxylic acids is 1. The Labute approximate surface area is 117 Å². The first kappa shape index (κ1) is 14.5. The van der Waals surface area contributed by atoms with E-state index in [1.54, 1.807) is 13.0 Å². The minimum atomic E-state index is -1.18. The summed E-state index contributed by atoms with van der Waals surface area (Å²) in [6, 6.07) is 4.43. The number of nitrogens with one attached hydrogen (secondary N) is 1. The lowest BCUT2D eigenvalue weighted by Crippen LogP contribution is -2.42. The predicted octanol–water partition coefficient (Wildman–Crippen LogP) is 1.63. The summed E-state index contributed by atoms with van der Waals surface area (Å²) in [4.78, 5) is 23.3. The highest BCUT2D eigenvalue weighted by Gasteiger charge is 2.32. The van der Waals surface area contributed by atoms with Crippen LogP contribution in [0.2, 0.25) is 0 Å². The molecular weight excluding hydrogens is 261 g/mol. The van der Waals surface area contributed by atoms with Gasteiger partial charge in [-0.05, 0) is 31.9 Å². The predicted molar refractivity (Wildman–Crippen MR) is 70.2 cm³/mol. The first-order valence-electron chi connectivity index (χ1n) is 6.77. The largest absolute Gasteiger partial charge is 0.550 e. The number of benzene rings is 1. The monoisotopic (exact) mass is 278 g/mol. The summed E-state index contributed by atoms with van der Waals surface area (Å²) in [6.07, 6.45) is 2.60. The molecule has 0 radical (unpaired) electrons. The van der Waals surface area contributed by atoms with Crippen molar-refractivity contribution in [2.75, 3.05) is 5.32 Å². The average Bonchev–Trinajstić information content (AvgIpc) is 2.43. The van der Waals surface area contributed by atoms with Crippen molar-refractivity contribution in [1.82, 2.24) is 0 Å². The van der Waals surface area contributed by atoms with Crippen molar-refractivity contribution >= 4 is 17.6 Å². The number of hydrogen-bond donors (Lipinski definition) is 1. The van der Waals surface area contributed by atoms with E-state index in [4.69, 9.17) is 0 Å². The van der Waals surface area contributed by atoms with Crippen LogP contribution in [-0.4, -0.2) is 11.9 Å². The highest BCUT2D eigenvalue weighted by atomic mass is 19.1. The van der Waals surface area contributed by atoms with Gasteiger partial charge in [-0.3, -0.25) is 4.79 Å². The van der Waals surface area contributed by atoms with Gasteiger partial charge in [0, 0.05) is 29.1 Å². The minimum Gasteiger partial charge on any atom is -0.550 e. The third-order valence-corrected chi connectivity index (χ3v) is 3.93. The molecule has 1 fully saturated rings. The number of carboxylic acid groups (broad SMARTS) is 1. The number of amides is 1. The fraction of sp³-hybridized carbons (Fsp3) is 0.467. The lowest BCUT2D eigenvalue weighted by Gasteiger charge is -2.31. The van der Waals surface area contributed by atoms with Crippen molar-refractivity contribution in [2.45, 2.75) is 32.6 Å². The topological polar surface area (TPSA) is 69.2 Å². The first-order valence-corrected chi connectivity index (χ1v) is 6.77. The number of carbonyl (C=O) groups excluding carboxylic acids is 2. The molecule has 1 aromatic rings. The molecule has 0 aliphatic heterocycles. The Morgan fingerprint density at radius 3 is 2.55 bits per heavy atom. The summed E-state index contributed by atoms with van der Waals surface area (Å²) in [7, 11) is 0. The summed E-state index contributed by atoms with van der Waals surface area (Å²) < 4.78 is 13.4. The number of rotatable bonds is 3. The lowest BCUT2D eigenvalue weighted by molar-refractivity contribution is -0.313. The maximum atomic E-state index is 13.4. The standard InChI is InChI=1S/C15H18FNO3/c1-9-12(16)7-4-8-13(9)17-14(18)10-5-2-3-6-11(10)15(19)20/h4,7-8,10-11H,2-3,5-6H2,1H3,(H,17,18)(H,19,20)/p-1/t10-,11+/m1/s1. The summed E-state index contributed by atoms with van der Waals surface area (Å²) >= 11 is 0. The van der Waals surface area contributed by atoms with Crippen molar-refractivity contribution in [3.8, 4) is 0 Å². The Morgan fingerprint density at radius 1 is 1.25 bits per heavy atom. The van der Waals surface area contributed by atoms with Gasteiger partial charge in [0.25, 0.3) is 0 Å². The van der Waals surface area contributed by atoms with Gasteiger partial charge in [0.1, 0.15) is 5.82 Å². The number of halogens is 1. The van der Waals surface area contributed by atoms with Crippen LogP contribution in [0.3, 0.4) is 0 Å². The van der Waals surface area contributed by atoms with Crippen molar-refractivity contribution in [2.24, 2.45) is 11.8 Å². The molecular formula is C15H17FNO3-. The maximum Gasteiger partial charge on any atom is 0.228 e. The van der Waals surface area contributed by atoms with Crippen molar-refractivity contribution in [1.29, 1.82) is 0 Å². The highest BCUT2D eigenvalue weighted by molar-refractivity contribution is 5.95. The lowest BCUT2D eigenvalue weighted by atomic mass is 9.78. The Bertz CT molecular complexity index is 530. The van der Waals surface area contributed by atoms with Gasteiger partial charge >= 0.3 is 0 Å². The number of anilines is 1. The van der Waals surface area contributed by atoms with Gasteiger partial charge < -0.3 is 15.2 Å². The van der Waals surface area contributed by atoms with Crippen molar-refractivity contribution in [3.05, 3.63) is 29.6 Å². The molecule has 5 heteroatoms. The molecule has 2 rings (SSSR count). The van der Waals surface area contributed by atoms with Crippen LogP contribution in [0.25, 0.3) is 0 Å². The third-order valence-electron chi connectivity index (χ3n) is 3.93. The second-order valence-electron chi connectivity index (χ2n) is 5.22. The average molecular weight is 278 g/mol. The molecule has 0 unspecified atom stereocenters. The molecule has 1 aliphatic carbocycles. The molecule has 20 heavy (non-hydrogen) atoms. The molecule has 0 heterocycles.